The third-order valence-corrected chi connectivity index (χ3v) is 6.43. The highest BCUT2D eigenvalue weighted by atomic mass is 32.1. The van der Waals surface area contributed by atoms with E-state index in [4.69, 9.17) is 4.98 Å². The zero-order valence-electron chi connectivity index (χ0n) is 16.2. The van der Waals surface area contributed by atoms with Gasteiger partial charge in [0.2, 0.25) is 5.91 Å². The smallest absolute Gasteiger partial charge is 0.259 e. The number of aromatic amines is 1. The van der Waals surface area contributed by atoms with Crippen molar-refractivity contribution in [3.8, 4) is 0 Å². The van der Waals surface area contributed by atoms with Crippen LogP contribution in [0, 0.1) is 0 Å². The number of aromatic nitrogens is 2. The molecule has 6 heteroatoms. The lowest BCUT2D eigenvalue weighted by Gasteiger charge is -2.22. The predicted molar refractivity (Wildman–Crippen MR) is 112 cm³/mol. The van der Waals surface area contributed by atoms with Crippen LogP contribution in [0.4, 0.5) is 0 Å². The monoisotopic (exact) mass is 395 g/mol. The largest absolute Gasteiger partial charge is 0.331 e. The lowest BCUT2D eigenvalue weighted by atomic mass is 9.97. The molecule has 146 valence electrons. The maximum Gasteiger partial charge on any atom is 0.259 e. The summed E-state index contributed by atoms with van der Waals surface area (Å²) >= 11 is 1.64. The van der Waals surface area contributed by atoms with Crippen molar-refractivity contribution < 1.29 is 4.79 Å². The van der Waals surface area contributed by atoms with Crippen LogP contribution >= 0.6 is 11.3 Å². The van der Waals surface area contributed by atoms with Crippen molar-refractivity contribution in [2.45, 2.75) is 58.5 Å². The third-order valence-electron chi connectivity index (χ3n) is 5.25. The number of hydrogen-bond donors (Lipinski definition) is 1. The molecule has 2 heterocycles. The van der Waals surface area contributed by atoms with Gasteiger partial charge in [-0.15, -0.1) is 11.3 Å². The van der Waals surface area contributed by atoms with E-state index in [2.05, 4.69) is 4.98 Å². The SMILES string of the molecule is CCCC(=O)N(Cc1ccccc1)Cc1nc2sc3c(c2c(=O)[nH]1)CCCC3. The van der Waals surface area contributed by atoms with E-state index in [9.17, 15) is 9.59 Å². The van der Waals surface area contributed by atoms with Gasteiger partial charge in [-0.3, -0.25) is 9.59 Å². The minimum Gasteiger partial charge on any atom is -0.331 e. The molecule has 4 rings (SSSR count). The first kappa shape index (κ1) is 18.9. The molecule has 0 fully saturated rings. The fraction of sp³-hybridized carbons (Fsp3) is 0.409. The molecule has 1 amide bonds. The number of hydrogen-bond acceptors (Lipinski definition) is 4. The number of carbonyl (C=O) groups excluding carboxylic acids is 1. The van der Waals surface area contributed by atoms with E-state index in [-0.39, 0.29) is 11.5 Å². The molecule has 5 nitrogen and oxygen atoms in total. The first-order chi connectivity index (χ1) is 13.7. The number of rotatable bonds is 6. The number of thiophene rings is 1. The Morgan fingerprint density at radius 1 is 1.18 bits per heavy atom. The van der Waals surface area contributed by atoms with Crippen LogP contribution in [0.5, 0.6) is 0 Å². The Labute approximate surface area is 168 Å². The summed E-state index contributed by atoms with van der Waals surface area (Å²) in [7, 11) is 0. The fourth-order valence-corrected chi connectivity index (χ4v) is 5.15. The Hall–Kier alpha value is -2.47. The lowest BCUT2D eigenvalue weighted by molar-refractivity contribution is -0.132. The van der Waals surface area contributed by atoms with Crippen LogP contribution in [0.15, 0.2) is 35.1 Å². The molecule has 1 aliphatic carbocycles. The summed E-state index contributed by atoms with van der Waals surface area (Å²) < 4.78 is 0. The number of benzene rings is 1. The molecular weight excluding hydrogens is 370 g/mol. The summed E-state index contributed by atoms with van der Waals surface area (Å²) in [5, 5.41) is 0.762. The highest BCUT2D eigenvalue weighted by Gasteiger charge is 2.21. The average Bonchev–Trinajstić information content (AvgIpc) is 3.07. The zero-order chi connectivity index (χ0) is 19.5. The van der Waals surface area contributed by atoms with Crippen LogP contribution in [0.1, 0.15) is 54.4 Å². The first-order valence-electron chi connectivity index (χ1n) is 10.0. The van der Waals surface area contributed by atoms with E-state index in [1.807, 2.05) is 37.3 Å². The Kier molecular flexibility index (Phi) is 5.57. The molecule has 0 radical (unpaired) electrons. The van der Waals surface area contributed by atoms with Gasteiger partial charge in [-0.05, 0) is 43.2 Å². The van der Waals surface area contributed by atoms with E-state index in [1.54, 1.807) is 16.2 Å². The highest BCUT2D eigenvalue weighted by Crippen LogP contribution is 2.33. The van der Waals surface area contributed by atoms with Crippen molar-refractivity contribution in [3.05, 3.63) is 62.5 Å². The second-order valence-corrected chi connectivity index (χ2v) is 8.47. The quantitative estimate of drug-likeness (QED) is 0.680. The van der Waals surface area contributed by atoms with Gasteiger partial charge >= 0.3 is 0 Å². The van der Waals surface area contributed by atoms with E-state index in [0.717, 1.165) is 41.5 Å². The van der Waals surface area contributed by atoms with Crippen LogP contribution in [0.2, 0.25) is 0 Å². The maximum absolute atomic E-state index is 12.8. The van der Waals surface area contributed by atoms with Crippen molar-refractivity contribution in [2.75, 3.05) is 0 Å². The first-order valence-corrected chi connectivity index (χ1v) is 10.8. The highest BCUT2D eigenvalue weighted by molar-refractivity contribution is 7.18. The van der Waals surface area contributed by atoms with E-state index in [0.29, 0.717) is 25.3 Å². The number of fused-ring (bicyclic) bond motifs is 3. The molecule has 2 aromatic heterocycles. The van der Waals surface area contributed by atoms with Gasteiger partial charge in [0.05, 0.1) is 11.9 Å². The number of amides is 1. The van der Waals surface area contributed by atoms with E-state index in [1.165, 1.54) is 16.9 Å². The lowest BCUT2D eigenvalue weighted by Crippen LogP contribution is -2.31. The molecule has 0 spiro atoms. The topological polar surface area (TPSA) is 66.1 Å². The van der Waals surface area contributed by atoms with Gasteiger partial charge in [-0.2, -0.15) is 0 Å². The van der Waals surface area contributed by atoms with Crippen molar-refractivity contribution >= 4 is 27.5 Å². The van der Waals surface area contributed by atoms with Crippen LogP contribution in [0.25, 0.3) is 10.2 Å². The average molecular weight is 396 g/mol. The molecular formula is C22H25N3O2S. The van der Waals surface area contributed by atoms with Crippen molar-refractivity contribution in [1.29, 1.82) is 0 Å². The summed E-state index contributed by atoms with van der Waals surface area (Å²) in [6, 6.07) is 9.94. The van der Waals surface area contributed by atoms with Crippen molar-refractivity contribution in [3.63, 3.8) is 0 Å². The third kappa shape index (κ3) is 3.87. The van der Waals surface area contributed by atoms with Gasteiger partial charge in [0.15, 0.2) is 0 Å². The van der Waals surface area contributed by atoms with Gasteiger partial charge in [0, 0.05) is 17.8 Å². The van der Waals surface area contributed by atoms with Gasteiger partial charge in [-0.25, -0.2) is 4.98 Å². The molecule has 0 aliphatic heterocycles. The van der Waals surface area contributed by atoms with Gasteiger partial charge in [-0.1, -0.05) is 37.3 Å². The molecule has 1 aromatic carbocycles. The summed E-state index contributed by atoms with van der Waals surface area (Å²) in [6.07, 6.45) is 5.61. The number of carbonyl (C=O) groups is 1. The second kappa shape index (κ2) is 8.27. The Morgan fingerprint density at radius 3 is 2.75 bits per heavy atom. The number of nitrogens with one attached hydrogen (secondary N) is 1. The standard InChI is InChI=1S/C22H25N3O2S/c1-2-8-19(26)25(13-15-9-4-3-5-10-15)14-18-23-21(27)20-16-11-6-7-12-17(16)28-22(20)24-18/h3-5,9-10H,2,6-8,11-14H2,1H3,(H,23,24,27). The van der Waals surface area contributed by atoms with Gasteiger partial charge in [0.1, 0.15) is 10.7 Å². The minimum absolute atomic E-state index is 0.0676. The molecule has 0 saturated carbocycles. The van der Waals surface area contributed by atoms with Crippen molar-refractivity contribution in [1.82, 2.24) is 14.9 Å². The summed E-state index contributed by atoms with van der Waals surface area (Å²) in [5.74, 6) is 0.649. The van der Waals surface area contributed by atoms with Gasteiger partial charge < -0.3 is 9.88 Å². The van der Waals surface area contributed by atoms with E-state index >= 15 is 0 Å². The Morgan fingerprint density at radius 2 is 1.96 bits per heavy atom. The van der Waals surface area contributed by atoms with E-state index < -0.39 is 0 Å². The molecule has 0 atom stereocenters. The Bertz CT molecular complexity index is 1040. The molecule has 3 aromatic rings. The van der Waals surface area contributed by atoms with Crippen LogP contribution in [-0.2, 0) is 30.7 Å². The predicted octanol–water partition coefficient (Wildman–Crippen LogP) is 4.19. The summed E-state index contributed by atoms with van der Waals surface area (Å²) in [6.45, 7) is 2.84. The maximum atomic E-state index is 12.8. The second-order valence-electron chi connectivity index (χ2n) is 7.39. The molecule has 28 heavy (non-hydrogen) atoms. The zero-order valence-corrected chi connectivity index (χ0v) is 17.0. The molecule has 1 N–H and O–H groups in total. The minimum atomic E-state index is -0.0676. The number of nitrogens with zero attached hydrogens (tertiary/aromatic N) is 2. The summed E-state index contributed by atoms with van der Waals surface area (Å²) in [4.78, 5) is 37.0. The van der Waals surface area contributed by atoms with Crippen LogP contribution < -0.4 is 5.56 Å². The molecule has 0 saturated heterocycles. The van der Waals surface area contributed by atoms with Crippen molar-refractivity contribution in [2.24, 2.45) is 0 Å². The number of H-pyrrole nitrogens is 1. The number of aryl methyl sites for hydroxylation is 2. The Balaban J connectivity index is 1.65. The van der Waals surface area contributed by atoms with Gasteiger partial charge in [0.25, 0.3) is 5.56 Å². The normalized spacial score (nSPS) is 13.5. The summed E-state index contributed by atoms with van der Waals surface area (Å²) in [5.41, 5.74) is 2.19. The van der Waals surface area contributed by atoms with Crippen LogP contribution in [-0.4, -0.2) is 20.8 Å². The fourth-order valence-electron chi connectivity index (χ4n) is 3.87. The molecule has 1 aliphatic rings. The van der Waals surface area contributed by atoms with Crippen LogP contribution in [0.3, 0.4) is 0 Å². The molecule has 0 unspecified atom stereocenters. The molecule has 0 bridgehead atoms.